The fraction of sp³-hybridized carbons (Fsp3) is 0.385. The van der Waals surface area contributed by atoms with Gasteiger partial charge in [0.05, 0.1) is 30.6 Å². The number of carbonyl (C=O) groups is 1. The van der Waals surface area contributed by atoms with Gasteiger partial charge in [-0.05, 0) is 32.2 Å². The molecule has 0 atom stereocenters. The first kappa shape index (κ1) is 24.5. The van der Waals surface area contributed by atoms with E-state index in [0.29, 0.717) is 49.5 Å². The Labute approximate surface area is 203 Å². The Balaban J connectivity index is 1.74. The van der Waals surface area contributed by atoms with Crippen LogP contribution in [0.3, 0.4) is 0 Å². The van der Waals surface area contributed by atoms with Crippen LogP contribution in [0.5, 0.6) is 5.75 Å². The van der Waals surface area contributed by atoms with Gasteiger partial charge in [-0.2, -0.15) is 0 Å². The highest BCUT2D eigenvalue weighted by Gasteiger charge is 2.27. The number of anilines is 2. The minimum atomic E-state index is -0.706. The Bertz CT molecular complexity index is 1300. The molecule has 3 aromatic rings. The average Bonchev–Trinajstić information content (AvgIpc) is 2.86. The van der Waals surface area contributed by atoms with E-state index in [1.807, 2.05) is 29.2 Å². The van der Waals surface area contributed by atoms with E-state index in [1.165, 1.54) is 12.3 Å². The molecule has 35 heavy (non-hydrogen) atoms. The Morgan fingerprint density at radius 2 is 1.83 bits per heavy atom. The Morgan fingerprint density at radius 3 is 2.49 bits per heavy atom. The van der Waals surface area contributed by atoms with Crippen LogP contribution >= 0.6 is 0 Å². The number of aryl methyl sites for hydroxylation is 1. The second-order valence-corrected chi connectivity index (χ2v) is 8.46. The van der Waals surface area contributed by atoms with Crippen molar-refractivity contribution >= 4 is 28.2 Å². The molecule has 0 spiro atoms. The zero-order chi connectivity index (χ0) is 25.1. The summed E-state index contributed by atoms with van der Waals surface area (Å²) in [5.41, 5.74) is 2.14. The number of halogens is 1. The molecule has 2 heterocycles. The van der Waals surface area contributed by atoms with Gasteiger partial charge in [0.15, 0.2) is 0 Å². The number of esters is 1. The summed E-state index contributed by atoms with van der Waals surface area (Å²) >= 11 is 0. The zero-order valence-corrected chi connectivity index (χ0v) is 20.6. The van der Waals surface area contributed by atoms with Gasteiger partial charge in [-0.1, -0.05) is 12.1 Å². The highest BCUT2D eigenvalue weighted by molar-refractivity contribution is 5.96. The van der Waals surface area contributed by atoms with Crippen molar-refractivity contribution in [2.45, 2.75) is 13.5 Å². The van der Waals surface area contributed by atoms with E-state index in [-0.39, 0.29) is 17.6 Å². The van der Waals surface area contributed by atoms with E-state index >= 15 is 4.39 Å². The molecule has 1 fully saturated rings. The summed E-state index contributed by atoms with van der Waals surface area (Å²) in [6.45, 7) is 4.78. The predicted molar refractivity (Wildman–Crippen MR) is 135 cm³/mol. The number of hydrogen-bond acceptors (Lipinski definition) is 7. The van der Waals surface area contributed by atoms with E-state index in [4.69, 9.17) is 9.47 Å². The molecule has 8 nitrogen and oxygen atoms in total. The number of pyridine rings is 1. The summed E-state index contributed by atoms with van der Waals surface area (Å²) < 4.78 is 27.9. The van der Waals surface area contributed by atoms with Crippen LogP contribution in [-0.2, 0) is 18.3 Å². The third-order valence-electron chi connectivity index (χ3n) is 6.36. The van der Waals surface area contributed by atoms with Crippen molar-refractivity contribution in [2.24, 2.45) is 7.05 Å². The SMILES string of the molecule is CCOC(=O)c1cn(C)c2c(CNC)c(N3CCN(c4ccccc4OC)CC3)c(F)cc2c1=O. The molecule has 0 saturated carbocycles. The molecule has 0 amide bonds. The van der Waals surface area contributed by atoms with Crippen LogP contribution < -0.4 is 25.3 Å². The van der Waals surface area contributed by atoms with Crippen molar-refractivity contribution in [1.82, 2.24) is 9.88 Å². The minimum absolute atomic E-state index is 0.102. The number of ether oxygens (including phenoxy) is 2. The third kappa shape index (κ3) is 4.55. The monoisotopic (exact) mass is 482 g/mol. The quantitative estimate of drug-likeness (QED) is 0.519. The number of nitrogens with one attached hydrogen (secondary N) is 1. The van der Waals surface area contributed by atoms with E-state index in [1.54, 1.807) is 32.7 Å². The summed E-state index contributed by atoms with van der Waals surface area (Å²) in [5.74, 6) is -0.380. The van der Waals surface area contributed by atoms with E-state index in [2.05, 4.69) is 10.2 Å². The first-order valence-electron chi connectivity index (χ1n) is 11.7. The lowest BCUT2D eigenvalue weighted by Crippen LogP contribution is -2.47. The molecule has 1 aliphatic heterocycles. The molecule has 0 bridgehead atoms. The average molecular weight is 483 g/mol. The molecule has 1 N–H and O–H groups in total. The zero-order valence-electron chi connectivity index (χ0n) is 20.6. The summed E-state index contributed by atoms with van der Waals surface area (Å²) in [4.78, 5) is 29.7. The molecular formula is C26H31FN4O4. The highest BCUT2D eigenvalue weighted by Crippen LogP contribution is 2.34. The maximum absolute atomic E-state index is 15.7. The third-order valence-corrected chi connectivity index (χ3v) is 6.36. The molecule has 1 aromatic heterocycles. The molecule has 0 radical (unpaired) electrons. The first-order valence-corrected chi connectivity index (χ1v) is 11.7. The van der Waals surface area contributed by atoms with Gasteiger partial charge in [0, 0.05) is 56.9 Å². The lowest BCUT2D eigenvalue weighted by Gasteiger charge is -2.39. The smallest absolute Gasteiger partial charge is 0.343 e. The molecule has 4 rings (SSSR count). The van der Waals surface area contributed by atoms with Gasteiger partial charge in [0.2, 0.25) is 5.43 Å². The molecule has 0 unspecified atom stereocenters. The van der Waals surface area contributed by atoms with Gasteiger partial charge in [-0.15, -0.1) is 0 Å². The number of rotatable bonds is 7. The highest BCUT2D eigenvalue weighted by atomic mass is 19.1. The molecule has 186 valence electrons. The van der Waals surface area contributed by atoms with Gasteiger partial charge in [-0.3, -0.25) is 4.79 Å². The number of para-hydroxylation sites is 2. The van der Waals surface area contributed by atoms with Gasteiger partial charge in [-0.25, -0.2) is 9.18 Å². The second-order valence-electron chi connectivity index (χ2n) is 8.46. The summed E-state index contributed by atoms with van der Waals surface area (Å²) in [6, 6.07) is 9.12. The van der Waals surface area contributed by atoms with E-state index < -0.39 is 17.2 Å². The number of hydrogen-bond donors (Lipinski definition) is 1. The van der Waals surface area contributed by atoms with E-state index in [9.17, 15) is 9.59 Å². The molecule has 2 aromatic carbocycles. The van der Waals surface area contributed by atoms with Crippen LogP contribution in [0.2, 0.25) is 0 Å². The normalized spacial score (nSPS) is 13.9. The number of nitrogens with zero attached hydrogens (tertiary/aromatic N) is 3. The van der Waals surface area contributed by atoms with Crippen molar-refractivity contribution in [3.8, 4) is 5.75 Å². The summed E-state index contributed by atoms with van der Waals surface area (Å²) in [5, 5.41) is 3.27. The Kier molecular flexibility index (Phi) is 7.25. The maximum atomic E-state index is 15.7. The summed E-state index contributed by atoms with van der Waals surface area (Å²) in [7, 11) is 5.19. The lowest BCUT2D eigenvalue weighted by atomic mass is 10.0. The number of benzene rings is 2. The van der Waals surface area contributed by atoms with Gasteiger partial charge >= 0.3 is 5.97 Å². The molecule has 9 heteroatoms. The van der Waals surface area contributed by atoms with Crippen LogP contribution in [-0.4, -0.2) is 57.5 Å². The van der Waals surface area contributed by atoms with Crippen LogP contribution in [0.25, 0.3) is 10.9 Å². The number of piperazine rings is 1. The topological polar surface area (TPSA) is 76.0 Å². The van der Waals surface area contributed by atoms with Crippen molar-refractivity contribution in [1.29, 1.82) is 0 Å². The number of aromatic nitrogens is 1. The van der Waals surface area contributed by atoms with Crippen LogP contribution in [0.1, 0.15) is 22.8 Å². The fourth-order valence-corrected chi connectivity index (χ4v) is 4.82. The first-order chi connectivity index (χ1) is 16.9. The largest absolute Gasteiger partial charge is 0.495 e. The van der Waals surface area contributed by atoms with Crippen LogP contribution in [0.4, 0.5) is 15.8 Å². The standard InChI is InChI=1S/C26H31FN4O4/c1-5-35-26(33)19-16-29(3)23-17(25(19)32)14-20(27)24(18(23)15-28-2)31-12-10-30(11-13-31)21-8-6-7-9-22(21)34-4/h6-9,14,16,28H,5,10-13,15H2,1-4H3. The van der Waals surface area contributed by atoms with Crippen LogP contribution in [0.15, 0.2) is 41.3 Å². The summed E-state index contributed by atoms with van der Waals surface area (Å²) in [6.07, 6.45) is 1.48. The molecular weight excluding hydrogens is 451 g/mol. The van der Waals surface area contributed by atoms with E-state index in [0.717, 1.165) is 11.4 Å². The lowest BCUT2D eigenvalue weighted by molar-refractivity contribution is 0.0524. The maximum Gasteiger partial charge on any atom is 0.343 e. The molecule has 1 saturated heterocycles. The van der Waals surface area contributed by atoms with Crippen molar-refractivity contribution < 1.29 is 18.7 Å². The Hall–Kier alpha value is -3.59. The minimum Gasteiger partial charge on any atom is -0.495 e. The van der Waals surface area contributed by atoms with Crippen LogP contribution in [0, 0.1) is 5.82 Å². The number of carbonyl (C=O) groups excluding carboxylic acids is 1. The van der Waals surface area contributed by atoms with Gasteiger partial charge in [0.1, 0.15) is 17.1 Å². The molecule has 0 aliphatic carbocycles. The van der Waals surface area contributed by atoms with Crippen molar-refractivity contribution in [3.63, 3.8) is 0 Å². The van der Waals surface area contributed by atoms with Gasteiger partial charge < -0.3 is 29.2 Å². The molecule has 1 aliphatic rings. The van der Waals surface area contributed by atoms with Crippen molar-refractivity contribution in [2.75, 3.05) is 56.7 Å². The fourth-order valence-electron chi connectivity index (χ4n) is 4.82. The predicted octanol–water partition coefficient (Wildman–Crippen LogP) is 2.91. The number of fused-ring (bicyclic) bond motifs is 1. The Morgan fingerprint density at radius 1 is 1.14 bits per heavy atom. The van der Waals surface area contributed by atoms with Crippen molar-refractivity contribution in [3.05, 3.63) is 63.7 Å². The second kappa shape index (κ2) is 10.4. The van der Waals surface area contributed by atoms with Gasteiger partial charge in [0.25, 0.3) is 0 Å². The number of methoxy groups -OCH3 is 1.